The fraction of sp³-hybridized carbons (Fsp3) is 0.417. The van der Waals surface area contributed by atoms with Crippen molar-refractivity contribution >= 4 is 27.4 Å². The molecule has 0 aliphatic carbocycles. The molecule has 3 rings (SSSR count). The predicted octanol–water partition coefficient (Wildman–Crippen LogP) is 2.25. The van der Waals surface area contributed by atoms with Crippen molar-refractivity contribution in [1.82, 2.24) is 30.6 Å². The smallest absolute Gasteiger partial charge is 0.196 e. The van der Waals surface area contributed by atoms with Crippen molar-refractivity contribution in [3.63, 3.8) is 0 Å². The van der Waals surface area contributed by atoms with Gasteiger partial charge in [-0.2, -0.15) is 5.21 Å². The molecule has 1 atom stereocenters. The lowest BCUT2D eigenvalue weighted by Gasteiger charge is -2.12. The number of tetrazole rings is 1. The first kappa shape index (κ1) is 12.9. The molecule has 2 N–H and O–H groups in total. The van der Waals surface area contributed by atoms with E-state index in [1.807, 2.05) is 6.92 Å². The van der Waals surface area contributed by atoms with E-state index in [4.69, 9.17) is 0 Å². The van der Waals surface area contributed by atoms with E-state index in [-0.39, 0.29) is 6.04 Å². The monoisotopic (exact) mass is 289 g/mol. The van der Waals surface area contributed by atoms with Crippen molar-refractivity contribution in [1.29, 1.82) is 0 Å². The molecule has 0 radical (unpaired) electrons. The number of aromatic nitrogens is 6. The summed E-state index contributed by atoms with van der Waals surface area (Å²) in [6.45, 7) is 6.25. The summed E-state index contributed by atoms with van der Waals surface area (Å²) in [7, 11) is 0. The van der Waals surface area contributed by atoms with Crippen molar-refractivity contribution in [3.8, 4) is 0 Å². The van der Waals surface area contributed by atoms with E-state index >= 15 is 0 Å². The van der Waals surface area contributed by atoms with Crippen molar-refractivity contribution in [3.05, 3.63) is 22.6 Å². The van der Waals surface area contributed by atoms with E-state index in [0.717, 1.165) is 22.5 Å². The Hall–Kier alpha value is -2.09. The molecule has 0 amide bonds. The lowest BCUT2D eigenvalue weighted by molar-refractivity contribution is 0.789. The predicted molar refractivity (Wildman–Crippen MR) is 77.7 cm³/mol. The second-order valence-corrected chi connectivity index (χ2v) is 5.73. The highest BCUT2D eigenvalue weighted by atomic mass is 32.1. The summed E-state index contributed by atoms with van der Waals surface area (Å²) in [6.07, 6.45) is 2.55. The van der Waals surface area contributed by atoms with Gasteiger partial charge in [-0.1, -0.05) is 12.1 Å². The molecular formula is C12H15N7S. The molecule has 0 fully saturated rings. The lowest BCUT2D eigenvalue weighted by Crippen LogP contribution is -2.10. The average molecular weight is 289 g/mol. The largest absolute Gasteiger partial charge is 0.360 e. The maximum atomic E-state index is 4.38. The van der Waals surface area contributed by atoms with Crippen molar-refractivity contribution < 1.29 is 0 Å². The summed E-state index contributed by atoms with van der Waals surface area (Å²) < 4.78 is 0. The minimum Gasteiger partial charge on any atom is -0.360 e. The Balaban J connectivity index is 2.03. The van der Waals surface area contributed by atoms with Crippen LogP contribution in [0.25, 0.3) is 10.2 Å². The first-order valence-corrected chi connectivity index (χ1v) is 7.25. The van der Waals surface area contributed by atoms with Crippen LogP contribution in [0.2, 0.25) is 0 Å². The molecular weight excluding hydrogens is 274 g/mol. The molecule has 3 aromatic heterocycles. The van der Waals surface area contributed by atoms with E-state index in [1.54, 1.807) is 17.7 Å². The highest BCUT2D eigenvalue weighted by molar-refractivity contribution is 7.18. The molecule has 20 heavy (non-hydrogen) atoms. The first-order valence-electron chi connectivity index (χ1n) is 6.43. The van der Waals surface area contributed by atoms with Crippen LogP contribution in [-0.4, -0.2) is 30.6 Å². The van der Waals surface area contributed by atoms with Crippen molar-refractivity contribution in [2.75, 3.05) is 5.32 Å². The zero-order valence-corrected chi connectivity index (χ0v) is 12.3. The van der Waals surface area contributed by atoms with Crippen LogP contribution in [0, 0.1) is 6.92 Å². The Bertz CT molecular complexity index is 719. The molecule has 0 aliphatic rings. The maximum absolute atomic E-state index is 4.38. The van der Waals surface area contributed by atoms with Gasteiger partial charge in [0.25, 0.3) is 0 Å². The molecule has 1 unspecified atom stereocenters. The Morgan fingerprint density at radius 1 is 1.40 bits per heavy atom. The molecule has 0 aliphatic heterocycles. The summed E-state index contributed by atoms with van der Waals surface area (Å²) in [6, 6.07) is -0.0724. The molecule has 3 aromatic rings. The third kappa shape index (κ3) is 2.11. The summed E-state index contributed by atoms with van der Waals surface area (Å²) >= 11 is 1.70. The lowest BCUT2D eigenvalue weighted by atomic mass is 10.1. The van der Waals surface area contributed by atoms with Crippen molar-refractivity contribution in [2.45, 2.75) is 33.2 Å². The summed E-state index contributed by atoms with van der Waals surface area (Å²) in [4.78, 5) is 11.0. The molecule has 104 valence electrons. The number of hydrogen-bond acceptors (Lipinski definition) is 7. The number of nitrogens with zero attached hydrogens (tertiary/aromatic N) is 5. The number of fused-ring (bicyclic) bond motifs is 1. The van der Waals surface area contributed by atoms with Crippen LogP contribution in [0.4, 0.5) is 5.82 Å². The topological polar surface area (TPSA) is 92.3 Å². The quantitative estimate of drug-likeness (QED) is 0.765. The third-order valence-corrected chi connectivity index (χ3v) is 4.30. The van der Waals surface area contributed by atoms with E-state index in [9.17, 15) is 0 Å². The van der Waals surface area contributed by atoms with Gasteiger partial charge >= 0.3 is 0 Å². The Morgan fingerprint density at radius 2 is 2.25 bits per heavy atom. The zero-order chi connectivity index (χ0) is 14.1. The Labute approximate surface area is 119 Å². The van der Waals surface area contributed by atoms with E-state index in [2.05, 4.69) is 49.8 Å². The second kappa shape index (κ2) is 5.12. The van der Waals surface area contributed by atoms with Gasteiger partial charge in [0.1, 0.15) is 17.0 Å². The number of thiophene rings is 1. The molecule has 3 heterocycles. The minimum absolute atomic E-state index is 0.0724. The number of aromatic amines is 1. The van der Waals surface area contributed by atoms with Crippen LogP contribution in [0.15, 0.2) is 6.33 Å². The van der Waals surface area contributed by atoms with Crippen LogP contribution in [0.1, 0.15) is 36.2 Å². The second-order valence-electron chi connectivity index (χ2n) is 4.53. The summed E-state index contributed by atoms with van der Waals surface area (Å²) in [5.41, 5.74) is 1.30. The van der Waals surface area contributed by atoms with Crippen LogP contribution in [0.3, 0.4) is 0 Å². The van der Waals surface area contributed by atoms with Crippen LogP contribution < -0.4 is 5.32 Å². The average Bonchev–Trinajstić information content (AvgIpc) is 3.05. The number of aryl methyl sites for hydroxylation is 2. The van der Waals surface area contributed by atoms with Gasteiger partial charge in [-0.3, -0.25) is 0 Å². The number of nitrogens with one attached hydrogen (secondary N) is 2. The minimum atomic E-state index is -0.0724. The Morgan fingerprint density at radius 3 is 2.95 bits per heavy atom. The maximum Gasteiger partial charge on any atom is 0.196 e. The molecule has 0 spiro atoms. The van der Waals surface area contributed by atoms with Gasteiger partial charge in [-0.15, -0.1) is 21.5 Å². The SMILES string of the molecule is CCc1c(C)sc2ncnc(NC(C)c3nn[nH]n3)c12. The van der Waals surface area contributed by atoms with E-state index < -0.39 is 0 Å². The molecule has 0 aromatic carbocycles. The number of H-pyrrole nitrogens is 1. The fourth-order valence-corrected chi connectivity index (χ4v) is 3.34. The molecule has 0 bridgehead atoms. The van der Waals surface area contributed by atoms with Gasteiger partial charge in [-0.05, 0) is 25.8 Å². The van der Waals surface area contributed by atoms with Gasteiger partial charge in [0, 0.05) is 4.88 Å². The van der Waals surface area contributed by atoms with Gasteiger partial charge < -0.3 is 5.32 Å². The summed E-state index contributed by atoms with van der Waals surface area (Å²) in [5.74, 6) is 1.44. The molecule has 0 saturated carbocycles. The highest BCUT2D eigenvalue weighted by Gasteiger charge is 2.17. The zero-order valence-electron chi connectivity index (χ0n) is 11.5. The Kier molecular flexibility index (Phi) is 3.31. The standard InChI is InChI=1S/C12H15N7S/c1-4-8-7(3)20-12-9(8)11(13-5-14-12)15-6(2)10-16-18-19-17-10/h5-6H,4H2,1-3H3,(H,13,14,15)(H,16,17,18,19). The molecule has 7 nitrogen and oxygen atoms in total. The van der Waals surface area contributed by atoms with E-state index in [1.165, 1.54) is 10.4 Å². The highest BCUT2D eigenvalue weighted by Crippen LogP contribution is 2.34. The van der Waals surface area contributed by atoms with Gasteiger partial charge in [-0.25, -0.2) is 9.97 Å². The summed E-state index contributed by atoms with van der Waals surface area (Å²) in [5, 5.41) is 18.5. The van der Waals surface area contributed by atoms with Gasteiger partial charge in [0.05, 0.1) is 11.4 Å². The number of rotatable bonds is 4. The number of anilines is 1. The first-order chi connectivity index (χ1) is 9.70. The van der Waals surface area contributed by atoms with Crippen molar-refractivity contribution in [2.24, 2.45) is 0 Å². The molecule has 8 heteroatoms. The normalized spacial score (nSPS) is 12.8. The molecule has 0 saturated heterocycles. The van der Waals surface area contributed by atoms with Gasteiger partial charge in [0.15, 0.2) is 5.82 Å². The number of hydrogen-bond donors (Lipinski definition) is 2. The van der Waals surface area contributed by atoms with Crippen LogP contribution in [-0.2, 0) is 6.42 Å². The van der Waals surface area contributed by atoms with E-state index in [0.29, 0.717) is 5.82 Å². The van der Waals surface area contributed by atoms with Crippen LogP contribution >= 0.6 is 11.3 Å². The van der Waals surface area contributed by atoms with Crippen LogP contribution in [0.5, 0.6) is 0 Å². The third-order valence-electron chi connectivity index (χ3n) is 3.24. The van der Waals surface area contributed by atoms with Gasteiger partial charge in [0.2, 0.25) is 0 Å². The fourth-order valence-electron chi connectivity index (χ4n) is 2.26.